The lowest BCUT2D eigenvalue weighted by Crippen LogP contribution is -2.39. The molecule has 1 atom stereocenters. The summed E-state index contributed by atoms with van der Waals surface area (Å²) in [5.41, 5.74) is 4.29. The molecule has 1 aliphatic rings. The molecule has 3 heteroatoms. The summed E-state index contributed by atoms with van der Waals surface area (Å²) in [6, 6.07) is 5.36. The maximum absolute atomic E-state index is 5.90. The lowest BCUT2D eigenvalue weighted by Gasteiger charge is -2.36. The maximum atomic E-state index is 5.90. The van der Waals surface area contributed by atoms with E-state index in [1.54, 1.807) is 0 Å². The summed E-state index contributed by atoms with van der Waals surface area (Å²) >= 11 is 0. The lowest BCUT2D eigenvalue weighted by molar-refractivity contribution is 0.175. The Labute approximate surface area is 136 Å². The number of hydrogen-bond acceptors (Lipinski definition) is 3. The minimum Gasteiger partial charge on any atom is -0.494 e. The second-order valence-corrected chi connectivity index (χ2v) is 6.17. The Balaban J connectivity index is 2.25. The zero-order chi connectivity index (χ0) is 15.9. The fourth-order valence-electron chi connectivity index (χ4n) is 3.39. The number of nitrogens with zero attached hydrogens (tertiary/aromatic N) is 1. The Morgan fingerprint density at radius 1 is 1.18 bits per heavy atom. The first-order valence-electron chi connectivity index (χ1n) is 8.95. The van der Waals surface area contributed by atoms with Crippen molar-refractivity contribution >= 4 is 0 Å². The van der Waals surface area contributed by atoms with Gasteiger partial charge in [0.15, 0.2) is 0 Å². The summed E-state index contributed by atoms with van der Waals surface area (Å²) in [5.74, 6) is 1.07. The monoisotopic (exact) mass is 304 g/mol. The zero-order valence-corrected chi connectivity index (χ0v) is 14.7. The van der Waals surface area contributed by atoms with E-state index in [0.29, 0.717) is 6.04 Å². The number of likely N-dealkylation sites (N-methyl/N-ethyl adjacent to an activating group) is 1. The second kappa shape index (κ2) is 8.54. The molecule has 0 bridgehead atoms. The minimum atomic E-state index is 0.687. The molecule has 1 aromatic rings. The molecule has 0 fully saturated rings. The Bertz CT molecular complexity index is 473. The van der Waals surface area contributed by atoms with E-state index in [0.717, 1.165) is 45.0 Å². The highest BCUT2D eigenvalue weighted by Crippen LogP contribution is 2.31. The normalized spacial score (nSPS) is 18.3. The molecule has 0 amide bonds. The Kier molecular flexibility index (Phi) is 6.71. The van der Waals surface area contributed by atoms with E-state index in [1.807, 2.05) is 0 Å². The van der Waals surface area contributed by atoms with Crippen LogP contribution >= 0.6 is 0 Å². The molecular formula is C19H32N2O. The molecule has 124 valence electrons. The molecule has 0 spiro atoms. The van der Waals surface area contributed by atoms with Gasteiger partial charge in [0.1, 0.15) is 5.75 Å². The van der Waals surface area contributed by atoms with Crippen molar-refractivity contribution in [2.45, 2.75) is 66.1 Å². The quantitative estimate of drug-likeness (QED) is 0.740. The van der Waals surface area contributed by atoms with Gasteiger partial charge < -0.3 is 10.1 Å². The van der Waals surface area contributed by atoms with Crippen molar-refractivity contribution in [3.05, 3.63) is 28.8 Å². The first kappa shape index (κ1) is 17.3. The highest BCUT2D eigenvalue weighted by atomic mass is 16.5. The van der Waals surface area contributed by atoms with Gasteiger partial charge in [-0.25, -0.2) is 0 Å². The van der Waals surface area contributed by atoms with Crippen LogP contribution in [0.3, 0.4) is 0 Å². The van der Waals surface area contributed by atoms with Gasteiger partial charge >= 0.3 is 0 Å². The van der Waals surface area contributed by atoms with Crippen molar-refractivity contribution < 1.29 is 4.74 Å². The van der Waals surface area contributed by atoms with E-state index in [-0.39, 0.29) is 0 Å². The Morgan fingerprint density at radius 3 is 2.64 bits per heavy atom. The van der Waals surface area contributed by atoms with Gasteiger partial charge in [-0.1, -0.05) is 26.8 Å². The molecular weight excluding hydrogens is 272 g/mol. The maximum Gasteiger partial charge on any atom is 0.124 e. The van der Waals surface area contributed by atoms with Crippen molar-refractivity contribution in [3.8, 4) is 5.75 Å². The third-order valence-electron chi connectivity index (χ3n) is 4.65. The predicted molar refractivity (Wildman–Crippen MR) is 93.5 cm³/mol. The molecule has 0 saturated heterocycles. The summed E-state index contributed by atoms with van der Waals surface area (Å²) in [7, 11) is 0. The number of benzene rings is 1. The number of hydrogen-bond donors (Lipinski definition) is 1. The van der Waals surface area contributed by atoms with Gasteiger partial charge in [0.05, 0.1) is 6.61 Å². The zero-order valence-electron chi connectivity index (χ0n) is 14.7. The molecule has 3 nitrogen and oxygen atoms in total. The van der Waals surface area contributed by atoms with E-state index in [2.05, 4.69) is 50.0 Å². The molecule has 0 aromatic heterocycles. The standard InChI is InChI=1S/C19H32N2O/c1-5-9-20-13-16-10-15-11-18(6-2)21(7-3)14-17(15)12-19(16)22-8-4/h10,12,18,20H,5-9,11,13-14H2,1-4H3. The molecule has 1 aliphatic heterocycles. The van der Waals surface area contributed by atoms with Gasteiger partial charge in [-0.2, -0.15) is 0 Å². The van der Waals surface area contributed by atoms with Gasteiger partial charge in [0, 0.05) is 24.7 Å². The molecule has 1 unspecified atom stereocenters. The van der Waals surface area contributed by atoms with E-state index in [9.17, 15) is 0 Å². The molecule has 1 N–H and O–H groups in total. The van der Waals surface area contributed by atoms with E-state index in [1.165, 1.54) is 29.5 Å². The van der Waals surface area contributed by atoms with Crippen LogP contribution in [0, 0.1) is 0 Å². The third kappa shape index (κ3) is 4.02. The Hall–Kier alpha value is -1.06. The SMILES string of the molecule is CCCNCc1cc2c(cc1OCC)CN(CC)C(CC)C2. The highest BCUT2D eigenvalue weighted by Gasteiger charge is 2.25. The number of nitrogens with one attached hydrogen (secondary N) is 1. The molecule has 2 rings (SSSR count). The van der Waals surface area contributed by atoms with Gasteiger partial charge in [-0.15, -0.1) is 0 Å². The predicted octanol–water partition coefficient (Wildman–Crippen LogP) is 3.74. The molecule has 22 heavy (non-hydrogen) atoms. The van der Waals surface area contributed by atoms with Crippen molar-refractivity contribution in [1.82, 2.24) is 10.2 Å². The van der Waals surface area contributed by atoms with Gasteiger partial charge in [-0.3, -0.25) is 4.90 Å². The second-order valence-electron chi connectivity index (χ2n) is 6.17. The summed E-state index contributed by atoms with van der Waals surface area (Å²) in [6.07, 6.45) is 3.56. The van der Waals surface area contributed by atoms with Gasteiger partial charge in [0.25, 0.3) is 0 Å². The van der Waals surface area contributed by atoms with Crippen molar-refractivity contribution in [2.75, 3.05) is 19.7 Å². The number of ether oxygens (including phenoxy) is 1. The van der Waals surface area contributed by atoms with Gasteiger partial charge in [-0.05, 0) is 56.5 Å². The summed E-state index contributed by atoms with van der Waals surface area (Å²) in [4.78, 5) is 2.59. The van der Waals surface area contributed by atoms with Crippen LogP contribution in [0.15, 0.2) is 12.1 Å². The highest BCUT2D eigenvalue weighted by molar-refractivity contribution is 5.44. The Morgan fingerprint density at radius 2 is 2.00 bits per heavy atom. The van der Waals surface area contributed by atoms with Crippen LogP contribution in [0.1, 0.15) is 57.2 Å². The lowest BCUT2D eigenvalue weighted by atomic mass is 9.90. The average molecular weight is 304 g/mol. The van der Waals surface area contributed by atoms with E-state index >= 15 is 0 Å². The summed E-state index contributed by atoms with van der Waals surface area (Å²) in [6.45, 7) is 13.7. The molecule has 1 heterocycles. The number of fused-ring (bicyclic) bond motifs is 1. The molecule has 0 radical (unpaired) electrons. The van der Waals surface area contributed by atoms with Crippen LogP contribution in [-0.4, -0.2) is 30.6 Å². The first-order valence-corrected chi connectivity index (χ1v) is 8.95. The topological polar surface area (TPSA) is 24.5 Å². The van der Waals surface area contributed by atoms with Crippen molar-refractivity contribution in [1.29, 1.82) is 0 Å². The van der Waals surface area contributed by atoms with E-state index < -0.39 is 0 Å². The number of rotatable bonds is 8. The van der Waals surface area contributed by atoms with Crippen molar-refractivity contribution in [3.63, 3.8) is 0 Å². The smallest absolute Gasteiger partial charge is 0.124 e. The van der Waals surface area contributed by atoms with Crippen LogP contribution in [0.2, 0.25) is 0 Å². The minimum absolute atomic E-state index is 0.687. The molecule has 0 saturated carbocycles. The van der Waals surface area contributed by atoms with Gasteiger partial charge in [0.2, 0.25) is 0 Å². The van der Waals surface area contributed by atoms with Crippen LogP contribution in [-0.2, 0) is 19.5 Å². The van der Waals surface area contributed by atoms with Crippen LogP contribution in [0.4, 0.5) is 0 Å². The average Bonchev–Trinajstić information content (AvgIpc) is 2.54. The largest absolute Gasteiger partial charge is 0.494 e. The van der Waals surface area contributed by atoms with Crippen LogP contribution < -0.4 is 10.1 Å². The third-order valence-corrected chi connectivity index (χ3v) is 4.65. The fraction of sp³-hybridized carbons (Fsp3) is 0.684. The molecule has 1 aromatic carbocycles. The van der Waals surface area contributed by atoms with Crippen LogP contribution in [0.25, 0.3) is 0 Å². The molecule has 0 aliphatic carbocycles. The van der Waals surface area contributed by atoms with E-state index in [4.69, 9.17) is 4.74 Å². The fourth-order valence-corrected chi connectivity index (χ4v) is 3.39. The van der Waals surface area contributed by atoms with Crippen molar-refractivity contribution in [2.24, 2.45) is 0 Å². The first-order chi connectivity index (χ1) is 10.7. The summed E-state index contributed by atoms with van der Waals surface area (Å²) in [5, 5.41) is 3.51. The summed E-state index contributed by atoms with van der Waals surface area (Å²) < 4.78 is 5.90. The van der Waals surface area contributed by atoms with Crippen LogP contribution in [0.5, 0.6) is 5.75 Å².